The van der Waals surface area contributed by atoms with Gasteiger partial charge in [-0.05, 0) is 100 Å². The van der Waals surface area contributed by atoms with Gasteiger partial charge in [0.15, 0.2) is 17.9 Å². The van der Waals surface area contributed by atoms with E-state index in [-0.39, 0.29) is 134 Å². The molecular weight excluding hydrogens is 1020 g/mol. The van der Waals surface area contributed by atoms with E-state index < -0.39 is 71.4 Å². The molecule has 78 heavy (non-hydrogen) atoms. The van der Waals surface area contributed by atoms with Crippen LogP contribution in [0.5, 0.6) is 17.2 Å². The molecule has 0 bridgehead atoms. The highest BCUT2D eigenvalue weighted by molar-refractivity contribution is 6.07. The molecule has 4 atom stereocenters. The molecule has 0 aliphatic heterocycles. The summed E-state index contributed by atoms with van der Waals surface area (Å²) in [5.41, 5.74) is 38.5. The average molecular weight is 1090 g/mol. The van der Waals surface area contributed by atoms with Crippen LogP contribution in [0.15, 0.2) is 69.6 Å². The number of nitrogens with two attached hydrogens (primary N) is 7. The number of aliphatic imine (C=N–C) groups is 3. The number of nitrogens with zero attached hydrogens (tertiary/aromatic N) is 3. The van der Waals surface area contributed by atoms with Crippen molar-refractivity contribution in [2.45, 2.75) is 76.0 Å². The number of rotatable bonds is 31. The molecule has 29 heteroatoms. The predicted molar refractivity (Wildman–Crippen MR) is 294 cm³/mol. The molecule has 3 aromatic carbocycles. The average Bonchev–Trinajstić information content (AvgIpc) is 3.41. The van der Waals surface area contributed by atoms with Crippen LogP contribution < -0.4 is 96.9 Å². The summed E-state index contributed by atoms with van der Waals surface area (Å²) in [7, 11) is 5.39. The summed E-state index contributed by atoms with van der Waals surface area (Å²) in [6, 6.07) is 8.17. The lowest BCUT2D eigenvalue weighted by Crippen LogP contribution is -2.46. The van der Waals surface area contributed by atoms with Crippen molar-refractivity contribution in [3.63, 3.8) is 0 Å². The summed E-state index contributed by atoms with van der Waals surface area (Å²) in [5, 5.41) is 21.2. The van der Waals surface area contributed by atoms with Crippen LogP contribution in [0.4, 0.5) is 17.1 Å². The van der Waals surface area contributed by atoms with Gasteiger partial charge in [0, 0.05) is 56.7 Å². The van der Waals surface area contributed by atoms with E-state index in [0.717, 1.165) is 0 Å². The number of ether oxygens (including phenoxy) is 3. The van der Waals surface area contributed by atoms with Gasteiger partial charge < -0.3 is 96.9 Å². The van der Waals surface area contributed by atoms with Gasteiger partial charge in [-0.25, -0.2) is 0 Å². The van der Waals surface area contributed by atoms with Crippen LogP contribution >= 0.6 is 0 Å². The number of likely N-dealkylation sites (N-methyl/N-ethyl adjacent to an activating group) is 1. The van der Waals surface area contributed by atoms with E-state index >= 15 is 0 Å². The maximum Gasteiger partial charge on any atom is 0.255 e. The van der Waals surface area contributed by atoms with Crippen molar-refractivity contribution in [2.75, 3.05) is 70.5 Å². The number of benzene rings is 3. The predicted octanol–water partition coefficient (Wildman–Crippen LogP) is -2.02. The molecule has 424 valence electrons. The minimum absolute atomic E-state index is 0.00186. The van der Waals surface area contributed by atoms with Crippen LogP contribution in [0.1, 0.15) is 82.9 Å². The quantitative estimate of drug-likeness (QED) is 0.0188. The summed E-state index contributed by atoms with van der Waals surface area (Å²) in [4.78, 5) is 120. The Morgan fingerprint density at radius 1 is 0.487 bits per heavy atom. The zero-order valence-electron chi connectivity index (χ0n) is 44.2. The van der Waals surface area contributed by atoms with Crippen molar-refractivity contribution in [1.82, 2.24) is 26.6 Å². The second kappa shape index (κ2) is 32.1. The smallest absolute Gasteiger partial charge is 0.255 e. The van der Waals surface area contributed by atoms with Gasteiger partial charge in [-0.15, -0.1) is 0 Å². The van der Waals surface area contributed by atoms with Crippen LogP contribution in [0.25, 0.3) is 0 Å². The Hall–Kier alpha value is -9.41. The lowest BCUT2D eigenvalue weighted by atomic mass is 10.1. The number of nitrogens with one attached hydrogen (secondary N) is 8. The standard InChI is InChI=1S/C49H72N18O11/c1-26(61-39(68)18-19-50)40(69)62-27-12-15-36(76-3)30(23-27)42(71)66-34(10-7-21-59-48(53)54)45(74)64-29-14-17-38(78-5)32(25-29)43(72)67-35(11-8-22-60-49(55)56)46(75)63-28-13-16-37(77-4)31(24-28)41(70)65-33(44(73)57-2)9-6-20-58-47(51)52/h12-17,23-26,33-35H,6-11,18-22,50H2,1-5H3,(H,57,73)(H,61,68)(H,62,69)(H,63,75)(H,64,74)(H,65,70)(H,66,71)(H,67,72)(H4,51,52,58)(H4,53,54,59)(H4,55,56,60)/t26-,33-,34-,35-/m1/s1. The highest BCUT2D eigenvalue weighted by Crippen LogP contribution is 2.27. The molecule has 0 aliphatic carbocycles. The third kappa shape index (κ3) is 20.7. The molecular formula is C49H72N18O11. The number of guanidine groups is 3. The van der Waals surface area contributed by atoms with Crippen molar-refractivity contribution in [3.05, 3.63) is 71.3 Å². The van der Waals surface area contributed by atoms with E-state index in [9.17, 15) is 38.4 Å². The molecule has 3 aromatic rings. The molecule has 8 amide bonds. The Morgan fingerprint density at radius 3 is 1.10 bits per heavy atom. The van der Waals surface area contributed by atoms with Crippen LogP contribution in [0, 0.1) is 0 Å². The summed E-state index contributed by atoms with van der Waals surface area (Å²) in [5.74, 6) is -5.46. The molecule has 22 N–H and O–H groups in total. The maximum atomic E-state index is 14.2. The molecule has 0 spiro atoms. The lowest BCUT2D eigenvalue weighted by Gasteiger charge is -2.21. The fourth-order valence-electron chi connectivity index (χ4n) is 7.31. The van der Waals surface area contributed by atoms with E-state index in [1.165, 1.54) is 89.9 Å². The van der Waals surface area contributed by atoms with Crippen LogP contribution in [-0.2, 0) is 24.0 Å². The Morgan fingerprint density at radius 2 is 0.808 bits per heavy atom. The van der Waals surface area contributed by atoms with Gasteiger partial charge in [0.2, 0.25) is 29.5 Å². The van der Waals surface area contributed by atoms with Gasteiger partial charge in [0.25, 0.3) is 17.7 Å². The monoisotopic (exact) mass is 1090 g/mol. The highest BCUT2D eigenvalue weighted by atomic mass is 16.5. The second-order valence-electron chi connectivity index (χ2n) is 17.1. The van der Waals surface area contributed by atoms with E-state index in [1.807, 2.05) is 0 Å². The Balaban J connectivity index is 1.92. The molecule has 0 saturated carbocycles. The molecule has 0 fully saturated rings. The normalized spacial score (nSPS) is 12.0. The first-order chi connectivity index (χ1) is 37.1. The van der Waals surface area contributed by atoms with Crippen LogP contribution in [0.2, 0.25) is 0 Å². The van der Waals surface area contributed by atoms with Gasteiger partial charge >= 0.3 is 0 Å². The van der Waals surface area contributed by atoms with Crippen molar-refractivity contribution in [2.24, 2.45) is 55.1 Å². The third-order valence-electron chi connectivity index (χ3n) is 11.2. The van der Waals surface area contributed by atoms with Crippen molar-refractivity contribution >= 4 is 82.2 Å². The van der Waals surface area contributed by atoms with Crippen LogP contribution in [0.3, 0.4) is 0 Å². The third-order valence-corrected chi connectivity index (χ3v) is 11.2. The van der Waals surface area contributed by atoms with E-state index in [4.69, 9.17) is 54.3 Å². The number of carbonyl (C=O) groups excluding carboxylic acids is 8. The minimum atomic E-state index is -1.27. The molecule has 0 saturated heterocycles. The fourth-order valence-corrected chi connectivity index (χ4v) is 7.31. The first-order valence-corrected chi connectivity index (χ1v) is 24.4. The first-order valence-electron chi connectivity index (χ1n) is 24.4. The first kappa shape index (κ1) is 62.9. The fraction of sp³-hybridized carbons (Fsp3) is 0.408. The summed E-state index contributed by atoms with van der Waals surface area (Å²) in [6.45, 7) is 1.96. The molecule has 0 heterocycles. The van der Waals surface area contributed by atoms with Crippen molar-refractivity contribution in [1.29, 1.82) is 0 Å². The second-order valence-corrected chi connectivity index (χ2v) is 17.1. The highest BCUT2D eigenvalue weighted by Gasteiger charge is 2.28. The molecule has 29 nitrogen and oxygen atoms in total. The number of amides is 8. The molecule has 0 aromatic heterocycles. The van der Waals surface area contributed by atoms with E-state index in [1.54, 1.807) is 0 Å². The lowest BCUT2D eigenvalue weighted by molar-refractivity contribution is -0.126. The zero-order chi connectivity index (χ0) is 57.9. The van der Waals surface area contributed by atoms with Gasteiger partial charge in [0.1, 0.15) is 41.4 Å². The van der Waals surface area contributed by atoms with Gasteiger partial charge in [-0.3, -0.25) is 53.3 Å². The molecule has 0 unspecified atom stereocenters. The summed E-state index contributed by atoms with van der Waals surface area (Å²) < 4.78 is 16.3. The topological polar surface area (TPSA) is 480 Å². The summed E-state index contributed by atoms with van der Waals surface area (Å²) >= 11 is 0. The van der Waals surface area contributed by atoms with Crippen molar-refractivity contribution in [3.8, 4) is 17.2 Å². The number of hydrogen-bond donors (Lipinski definition) is 15. The van der Waals surface area contributed by atoms with E-state index in [0.29, 0.717) is 6.42 Å². The Labute approximate surface area is 450 Å². The Kier molecular flexibility index (Phi) is 25.9. The largest absolute Gasteiger partial charge is 0.496 e. The minimum Gasteiger partial charge on any atom is -0.496 e. The van der Waals surface area contributed by atoms with Gasteiger partial charge in [0.05, 0.1) is 38.0 Å². The van der Waals surface area contributed by atoms with E-state index in [2.05, 4.69) is 57.5 Å². The van der Waals surface area contributed by atoms with Gasteiger partial charge in [-0.2, -0.15) is 0 Å². The number of anilines is 3. The van der Waals surface area contributed by atoms with Crippen LogP contribution in [-0.4, -0.2) is 144 Å². The zero-order valence-corrected chi connectivity index (χ0v) is 44.2. The molecule has 0 radical (unpaired) electrons. The molecule has 3 rings (SSSR count). The Bertz CT molecular complexity index is 2690. The maximum absolute atomic E-state index is 14.2. The number of carbonyl (C=O) groups is 8. The molecule has 0 aliphatic rings. The number of methoxy groups -OCH3 is 3. The van der Waals surface area contributed by atoms with Gasteiger partial charge in [-0.1, -0.05) is 0 Å². The summed E-state index contributed by atoms with van der Waals surface area (Å²) in [6.07, 6.45) is 0.979. The van der Waals surface area contributed by atoms with Crippen molar-refractivity contribution < 1.29 is 52.6 Å². The SMILES string of the molecule is CNC(=O)[C@@H](CCCN=C(N)N)NC(=O)c1cc(NC(=O)[C@@H](CCCN=C(N)N)NC(=O)c2cc(NC(=O)[C@@H](CCCN=C(N)N)NC(=O)c3cc(NC(=O)[C@@H](C)NC(=O)CCN)ccc3OC)ccc2OC)ccc1OC. The number of hydrogen-bond acceptors (Lipinski definition) is 15.